The number of furan rings is 1. The molecule has 0 saturated heterocycles. The third-order valence-electron chi connectivity index (χ3n) is 4.50. The molecule has 0 amide bonds. The van der Waals surface area contributed by atoms with Gasteiger partial charge in [-0.05, 0) is 43.9 Å². The molecule has 3 heteroatoms. The van der Waals surface area contributed by atoms with Crippen LogP contribution in [-0.2, 0) is 7.05 Å². The van der Waals surface area contributed by atoms with Gasteiger partial charge in [0.15, 0.2) is 11.9 Å². The maximum absolute atomic E-state index is 7.98. The number of fused-ring (bicyclic) bond motifs is 3. The summed E-state index contributed by atoms with van der Waals surface area (Å²) >= 11 is 0. The highest BCUT2D eigenvalue weighted by Gasteiger charge is 2.21. The van der Waals surface area contributed by atoms with Crippen molar-refractivity contribution < 1.29 is 17.2 Å². The molecular weight excluding hydrogens is 308 g/mol. The van der Waals surface area contributed by atoms with E-state index in [2.05, 4.69) is 4.85 Å². The summed E-state index contributed by atoms with van der Waals surface area (Å²) in [6.07, 6.45) is 1.56. The Bertz CT molecular complexity index is 1390. The van der Waals surface area contributed by atoms with Crippen molar-refractivity contribution in [3.63, 3.8) is 0 Å². The second-order valence-corrected chi connectivity index (χ2v) is 6.09. The molecule has 0 saturated carbocycles. The molecule has 122 valence electrons. The van der Waals surface area contributed by atoms with Crippen molar-refractivity contribution in [3.8, 4) is 11.3 Å². The summed E-state index contributed by atoms with van der Waals surface area (Å²) in [6, 6.07) is 10.1. The van der Waals surface area contributed by atoms with Gasteiger partial charge < -0.3 is 4.42 Å². The minimum Gasteiger partial charge on any atom is -0.455 e. The third kappa shape index (κ3) is 2.22. The normalized spacial score (nSPS) is 15.7. The zero-order valence-electron chi connectivity index (χ0n) is 19.8. The van der Waals surface area contributed by atoms with E-state index in [0.717, 1.165) is 16.8 Å². The molecule has 2 aromatic carbocycles. The molecule has 0 atom stereocenters. The fourth-order valence-corrected chi connectivity index (χ4v) is 3.30. The van der Waals surface area contributed by atoms with E-state index < -0.39 is 13.7 Å². The van der Waals surface area contributed by atoms with Gasteiger partial charge in [-0.15, -0.1) is 0 Å². The van der Waals surface area contributed by atoms with Gasteiger partial charge in [0.2, 0.25) is 5.69 Å². The lowest BCUT2D eigenvalue weighted by molar-refractivity contribution is -0.660. The maximum atomic E-state index is 7.98. The number of aryl methyl sites for hydroxylation is 4. The van der Waals surface area contributed by atoms with Crippen LogP contribution in [-0.4, -0.2) is 0 Å². The number of hydrogen-bond donors (Lipinski definition) is 0. The van der Waals surface area contributed by atoms with Crippen LogP contribution in [0.2, 0.25) is 0 Å². The third-order valence-corrected chi connectivity index (χ3v) is 4.50. The Morgan fingerprint density at radius 2 is 2.00 bits per heavy atom. The molecule has 2 aromatic heterocycles. The van der Waals surface area contributed by atoms with E-state index in [-0.39, 0.29) is 16.8 Å². The molecule has 0 fully saturated rings. The lowest BCUT2D eigenvalue weighted by Crippen LogP contribution is -2.31. The molecule has 4 rings (SSSR count). The van der Waals surface area contributed by atoms with Crippen LogP contribution in [0.15, 0.2) is 47.0 Å². The quantitative estimate of drug-likeness (QED) is 0.330. The number of rotatable bonds is 1. The Balaban J connectivity index is 2.10. The SMILES string of the molecule is [2H]C([2H])([2H])c1ccc(-c2c(C)ccc3c2oc2ccc([N+]#[C-])c(C([2H])([2H])[2H])c23)[n+](C)c1. The van der Waals surface area contributed by atoms with E-state index >= 15 is 0 Å². The lowest BCUT2D eigenvalue weighted by Gasteiger charge is -2.06. The van der Waals surface area contributed by atoms with Gasteiger partial charge in [-0.25, -0.2) is 9.41 Å². The van der Waals surface area contributed by atoms with Gasteiger partial charge in [0.1, 0.15) is 18.2 Å². The van der Waals surface area contributed by atoms with Gasteiger partial charge in [-0.2, -0.15) is 0 Å². The number of hydrogen-bond acceptors (Lipinski definition) is 1. The van der Waals surface area contributed by atoms with Crippen molar-refractivity contribution in [3.05, 3.63) is 70.7 Å². The molecule has 0 unspecified atom stereocenters. The number of nitrogens with zero attached hydrogens (tertiary/aromatic N) is 2. The molecule has 2 heterocycles. The molecule has 3 nitrogen and oxygen atoms in total. The summed E-state index contributed by atoms with van der Waals surface area (Å²) in [7, 11) is 1.76. The Hall–Kier alpha value is -3.12. The Labute approximate surface area is 155 Å². The summed E-state index contributed by atoms with van der Waals surface area (Å²) in [6.45, 7) is 4.62. The highest BCUT2D eigenvalue weighted by atomic mass is 16.3. The van der Waals surface area contributed by atoms with Crippen LogP contribution in [0.3, 0.4) is 0 Å². The first-order valence-corrected chi connectivity index (χ1v) is 7.81. The summed E-state index contributed by atoms with van der Waals surface area (Å²) < 4.78 is 54.7. The van der Waals surface area contributed by atoms with E-state index in [1.54, 1.807) is 42.1 Å². The van der Waals surface area contributed by atoms with E-state index in [9.17, 15) is 0 Å². The molecule has 0 aliphatic rings. The van der Waals surface area contributed by atoms with Gasteiger partial charge >= 0.3 is 0 Å². The van der Waals surface area contributed by atoms with Crippen molar-refractivity contribution in [2.45, 2.75) is 20.6 Å². The highest BCUT2D eigenvalue weighted by Crippen LogP contribution is 2.40. The molecule has 0 radical (unpaired) electrons. The number of aromatic nitrogens is 1. The van der Waals surface area contributed by atoms with Gasteiger partial charge in [0.25, 0.3) is 0 Å². The summed E-state index contributed by atoms with van der Waals surface area (Å²) in [5.74, 6) is 0. The van der Waals surface area contributed by atoms with Crippen LogP contribution in [0.25, 0.3) is 38.0 Å². The van der Waals surface area contributed by atoms with Crippen molar-refractivity contribution >= 4 is 27.6 Å². The van der Waals surface area contributed by atoms with Crippen LogP contribution >= 0.6 is 0 Å². The maximum Gasteiger partial charge on any atom is 0.216 e. The Morgan fingerprint density at radius 1 is 1.12 bits per heavy atom. The molecule has 0 bridgehead atoms. The van der Waals surface area contributed by atoms with E-state index in [4.69, 9.17) is 19.2 Å². The van der Waals surface area contributed by atoms with Crippen LogP contribution < -0.4 is 4.57 Å². The molecule has 4 aromatic rings. The predicted molar refractivity (Wildman–Crippen MR) is 101 cm³/mol. The zero-order chi connectivity index (χ0) is 22.7. The van der Waals surface area contributed by atoms with Crippen LogP contribution in [0.4, 0.5) is 5.69 Å². The van der Waals surface area contributed by atoms with Gasteiger partial charge in [-0.3, -0.25) is 0 Å². The highest BCUT2D eigenvalue weighted by molar-refractivity contribution is 6.12. The fourth-order valence-electron chi connectivity index (χ4n) is 3.30. The zero-order valence-corrected chi connectivity index (χ0v) is 13.8. The monoisotopic (exact) mass is 333 g/mol. The van der Waals surface area contributed by atoms with Gasteiger partial charge in [-0.1, -0.05) is 18.2 Å². The second-order valence-electron chi connectivity index (χ2n) is 6.09. The van der Waals surface area contributed by atoms with Crippen molar-refractivity contribution in [1.29, 1.82) is 0 Å². The smallest absolute Gasteiger partial charge is 0.216 e. The van der Waals surface area contributed by atoms with Crippen molar-refractivity contribution in [1.82, 2.24) is 0 Å². The molecule has 25 heavy (non-hydrogen) atoms. The Kier molecular flexibility index (Phi) is 2.18. The second kappa shape index (κ2) is 5.46. The van der Waals surface area contributed by atoms with E-state index in [1.807, 2.05) is 13.0 Å². The fraction of sp³-hybridized carbons (Fsp3) is 0.182. The van der Waals surface area contributed by atoms with Gasteiger partial charge in [0.05, 0.1) is 12.1 Å². The van der Waals surface area contributed by atoms with Crippen molar-refractivity contribution in [2.75, 3.05) is 0 Å². The number of benzene rings is 2. The molecule has 0 N–H and O–H groups in total. The summed E-state index contributed by atoms with van der Waals surface area (Å²) in [4.78, 5) is 3.41. The first-order valence-electron chi connectivity index (χ1n) is 10.8. The van der Waals surface area contributed by atoms with E-state index in [1.165, 1.54) is 6.07 Å². The number of pyridine rings is 1. The molecule has 0 spiro atoms. The average Bonchev–Trinajstić information content (AvgIpc) is 3.04. The largest absolute Gasteiger partial charge is 0.455 e. The average molecular weight is 333 g/mol. The minimum atomic E-state index is -2.48. The van der Waals surface area contributed by atoms with Crippen molar-refractivity contribution in [2.24, 2.45) is 7.05 Å². The summed E-state index contributed by atoms with van der Waals surface area (Å²) in [5.41, 5.74) is 3.54. The minimum absolute atomic E-state index is 0.0179. The molecular formula is C22H19N2O+. The molecule has 0 aliphatic heterocycles. The van der Waals surface area contributed by atoms with Crippen LogP contribution in [0.5, 0.6) is 0 Å². The Morgan fingerprint density at radius 3 is 2.72 bits per heavy atom. The molecule has 0 aliphatic carbocycles. The first kappa shape index (κ1) is 10.0. The van der Waals surface area contributed by atoms with Crippen LogP contribution in [0.1, 0.15) is 24.9 Å². The van der Waals surface area contributed by atoms with Crippen LogP contribution in [0, 0.1) is 27.2 Å². The standard InChI is InChI=1S/C22H19N2O/c1-13-6-10-18(24(5)12-13)20-14(2)7-8-16-21-15(3)17(23-4)9-11-19(21)25-22(16)20/h6-12H,1-3,5H3/q+1/i1D3,3D3. The topological polar surface area (TPSA) is 21.4 Å². The predicted octanol–water partition coefficient (Wildman–Crippen LogP) is 5.55. The summed E-state index contributed by atoms with van der Waals surface area (Å²) in [5, 5.41) is 1.01. The van der Waals surface area contributed by atoms with E-state index in [0.29, 0.717) is 21.9 Å². The lowest BCUT2D eigenvalue weighted by atomic mass is 9.99. The van der Waals surface area contributed by atoms with Gasteiger partial charge in [0, 0.05) is 30.6 Å². The first-order chi connectivity index (χ1) is 14.4.